The van der Waals surface area contributed by atoms with Crippen LogP contribution in [0.3, 0.4) is 0 Å². The van der Waals surface area contributed by atoms with Gasteiger partial charge in [0, 0.05) is 36.2 Å². The van der Waals surface area contributed by atoms with Gasteiger partial charge in [0.2, 0.25) is 0 Å². The number of H-pyrrole nitrogens is 1. The first kappa shape index (κ1) is 16.7. The van der Waals surface area contributed by atoms with Crippen LogP contribution in [0.1, 0.15) is 13.3 Å². The van der Waals surface area contributed by atoms with Crippen molar-refractivity contribution in [2.45, 2.75) is 19.4 Å². The van der Waals surface area contributed by atoms with Crippen molar-refractivity contribution in [3.8, 4) is 11.3 Å². The van der Waals surface area contributed by atoms with Gasteiger partial charge < -0.3 is 19.9 Å². The largest absolute Gasteiger partial charge is 0.377 e. The molecule has 0 spiro atoms. The first-order valence-electron chi connectivity index (χ1n) is 9.06. The highest BCUT2D eigenvalue weighted by atomic mass is 16.5. The number of aromatic nitrogens is 1. The Hall–Kier alpha value is -2.79. The van der Waals surface area contributed by atoms with Crippen LogP contribution in [-0.2, 0) is 4.74 Å². The molecule has 134 valence electrons. The molecule has 1 unspecified atom stereocenters. The van der Waals surface area contributed by atoms with Crippen molar-refractivity contribution in [3.05, 3.63) is 54.6 Å². The molecule has 2 N–H and O–H groups in total. The number of amides is 2. The molecule has 1 aromatic heterocycles. The number of benzene rings is 2. The highest BCUT2D eigenvalue weighted by Gasteiger charge is 2.22. The third kappa shape index (κ3) is 3.30. The quantitative estimate of drug-likeness (QED) is 0.717. The third-order valence-electron chi connectivity index (χ3n) is 4.74. The summed E-state index contributed by atoms with van der Waals surface area (Å²) >= 11 is 0. The third-order valence-corrected chi connectivity index (χ3v) is 4.74. The number of carbonyl (C=O) groups excluding carboxylic acids is 1. The zero-order valence-electron chi connectivity index (χ0n) is 14.9. The Labute approximate surface area is 153 Å². The molecule has 3 aromatic rings. The number of hydrogen-bond acceptors (Lipinski definition) is 2. The summed E-state index contributed by atoms with van der Waals surface area (Å²) in [7, 11) is 0. The van der Waals surface area contributed by atoms with E-state index in [1.54, 1.807) is 0 Å². The number of nitrogens with one attached hydrogen (secondary N) is 2. The van der Waals surface area contributed by atoms with Gasteiger partial charge in [-0.05, 0) is 19.4 Å². The Morgan fingerprint density at radius 1 is 1.15 bits per heavy atom. The van der Waals surface area contributed by atoms with Crippen LogP contribution in [-0.4, -0.2) is 41.7 Å². The Morgan fingerprint density at radius 3 is 2.77 bits per heavy atom. The topological polar surface area (TPSA) is 57.4 Å². The number of urea groups is 1. The van der Waals surface area contributed by atoms with E-state index in [0.29, 0.717) is 19.7 Å². The summed E-state index contributed by atoms with van der Waals surface area (Å²) in [6, 6.07) is 18.0. The summed E-state index contributed by atoms with van der Waals surface area (Å²) in [6.07, 6.45) is 0.914. The number of ether oxygens (including phenoxy) is 1. The van der Waals surface area contributed by atoms with E-state index in [2.05, 4.69) is 10.3 Å². The number of aromatic amines is 1. The van der Waals surface area contributed by atoms with E-state index >= 15 is 0 Å². The summed E-state index contributed by atoms with van der Waals surface area (Å²) in [4.78, 5) is 18.2. The highest BCUT2D eigenvalue weighted by Crippen LogP contribution is 2.35. The van der Waals surface area contributed by atoms with Crippen LogP contribution in [0, 0.1) is 0 Å². The zero-order valence-corrected chi connectivity index (χ0v) is 14.9. The fourth-order valence-corrected chi connectivity index (χ4v) is 3.46. The lowest BCUT2D eigenvalue weighted by Crippen LogP contribution is -2.39. The number of fused-ring (bicyclic) bond motifs is 1. The molecule has 0 saturated carbocycles. The first-order chi connectivity index (χ1) is 12.7. The number of hydrogen-bond donors (Lipinski definition) is 2. The van der Waals surface area contributed by atoms with Gasteiger partial charge >= 0.3 is 6.03 Å². The predicted octanol–water partition coefficient (Wildman–Crippen LogP) is 4.48. The molecule has 2 amide bonds. The second-order valence-electron chi connectivity index (χ2n) is 6.70. The van der Waals surface area contributed by atoms with Crippen molar-refractivity contribution in [1.82, 2.24) is 9.88 Å². The lowest BCUT2D eigenvalue weighted by atomic mass is 10.1. The molecule has 1 aliphatic rings. The molecular formula is C21H23N3O2. The van der Waals surface area contributed by atoms with E-state index in [4.69, 9.17) is 4.74 Å². The molecule has 2 heterocycles. The molecule has 5 nitrogen and oxygen atoms in total. The lowest BCUT2D eigenvalue weighted by Gasteiger charge is -2.22. The summed E-state index contributed by atoms with van der Waals surface area (Å²) in [5, 5.41) is 4.16. The molecule has 4 rings (SSSR count). The number of nitrogens with zero attached hydrogens (tertiary/aromatic N) is 1. The molecular weight excluding hydrogens is 326 g/mol. The van der Waals surface area contributed by atoms with Gasteiger partial charge in [0.25, 0.3) is 0 Å². The van der Waals surface area contributed by atoms with Crippen molar-refractivity contribution in [1.29, 1.82) is 0 Å². The van der Waals surface area contributed by atoms with Gasteiger partial charge in [0.05, 0.1) is 17.5 Å². The maximum absolute atomic E-state index is 12.9. The molecule has 0 radical (unpaired) electrons. The maximum Gasteiger partial charge on any atom is 0.322 e. The molecule has 1 atom stereocenters. The Bertz CT molecular complexity index is 904. The van der Waals surface area contributed by atoms with E-state index in [-0.39, 0.29) is 12.1 Å². The van der Waals surface area contributed by atoms with E-state index in [1.165, 1.54) is 0 Å². The average Bonchev–Trinajstić information content (AvgIpc) is 2.88. The Morgan fingerprint density at radius 2 is 1.92 bits per heavy atom. The zero-order chi connectivity index (χ0) is 17.9. The van der Waals surface area contributed by atoms with Crippen molar-refractivity contribution < 1.29 is 9.53 Å². The van der Waals surface area contributed by atoms with Crippen molar-refractivity contribution >= 4 is 22.6 Å². The van der Waals surface area contributed by atoms with E-state index in [9.17, 15) is 4.79 Å². The smallest absolute Gasteiger partial charge is 0.322 e. The monoisotopic (exact) mass is 349 g/mol. The van der Waals surface area contributed by atoms with Gasteiger partial charge in [0.15, 0.2) is 0 Å². The molecule has 26 heavy (non-hydrogen) atoms. The van der Waals surface area contributed by atoms with Gasteiger partial charge in [0.1, 0.15) is 0 Å². The van der Waals surface area contributed by atoms with E-state index in [0.717, 1.165) is 34.3 Å². The van der Waals surface area contributed by atoms with Gasteiger partial charge in [-0.25, -0.2) is 4.79 Å². The van der Waals surface area contributed by atoms with Crippen LogP contribution in [0.25, 0.3) is 22.2 Å². The van der Waals surface area contributed by atoms with Crippen molar-refractivity contribution in [2.24, 2.45) is 0 Å². The molecule has 1 fully saturated rings. The second-order valence-corrected chi connectivity index (χ2v) is 6.70. The minimum atomic E-state index is -0.0794. The van der Waals surface area contributed by atoms with Crippen LogP contribution >= 0.6 is 0 Å². The maximum atomic E-state index is 12.9. The summed E-state index contributed by atoms with van der Waals surface area (Å²) in [5.74, 6) is 0. The molecule has 5 heteroatoms. The Kier molecular flexibility index (Phi) is 4.63. The standard InChI is InChI=1S/C21H23N3O2/c1-15-14-24(12-7-13-26-15)21(25)23-20-17-10-5-6-11-18(17)22-19(20)16-8-3-2-4-9-16/h2-6,8-11,15,22H,7,12-14H2,1H3,(H,23,25). The fourth-order valence-electron chi connectivity index (χ4n) is 3.46. The minimum Gasteiger partial charge on any atom is -0.377 e. The van der Waals surface area contributed by atoms with Gasteiger partial charge in [-0.3, -0.25) is 0 Å². The Balaban J connectivity index is 1.70. The summed E-state index contributed by atoms with van der Waals surface area (Å²) < 4.78 is 5.65. The van der Waals surface area contributed by atoms with Gasteiger partial charge in [-0.15, -0.1) is 0 Å². The molecule has 0 aliphatic carbocycles. The normalized spacial score (nSPS) is 17.9. The van der Waals surface area contributed by atoms with Crippen LogP contribution in [0.5, 0.6) is 0 Å². The average molecular weight is 349 g/mol. The number of para-hydroxylation sites is 1. The van der Waals surface area contributed by atoms with Gasteiger partial charge in [-0.2, -0.15) is 0 Å². The van der Waals surface area contributed by atoms with Crippen LogP contribution in [0.15, 0.2) is 54.6 Å². The molecule has 1 saturated heterocycles. The molecule has 1 aliphatic heterocycles. The number of rotatable bonds is 2. The van der Waals surface area contributed by atoms with Crippen molar-refractivity contribution in [2.75, 3.05) is 25.0 Å². The van der Waals surface area contributed by atoms with E-state index < -0.39 is 0 Å². The van der Waals surface area contributed by atoms with Crippen LogP contribution in [0.4, 0.5) is 10.5 Å². The van der Waals surface area contributed by atoms with E-state index in [1.807, 2.05) is 66.4 Å². The molecule has 0 bridgehead atoms. The second kappa shape index (κ2) is 7.22. The minimum absolute atomic E-state index is 0.0554. The number of carbonyl (C=O) groups is 1. The number of anilines is 1. The summed E-state index contributed by atoms with van der Waals surface area (Å²) in [5.41, 5.74) is 3.81. The lowest BCUT2D eigenvalue weighted by molar-refractivity contribution is 0.0718. The van der Waals surface area contributed by atoms with Gasteiger partial charge in [-0.1, -0.05) is 48.5 Å². The first-order valence-corrected chi connectivity index (χ1v) is 9.06. The van der Waals surface area contributed by atoms with Crippen molar-refractivity contribution in [3.63, 3.8) is 0 Å². The SMILES string of the molecule is CC1CN(C(=O)Nc2c(-c3ccccc3)[nH]c3ccccc23)CCCO1. The highest BCUT2D eigenvalue weighted by molar-refractivity contribution is 6.07. The predicted molar refractivity (Wildman–Crippen MR) is 104 cm³/mol. The molecule has 2 aromatic carbocycles. The van der Waals surface area contributed by atoms with Crippen LogP contribution in [0.2, 0.25) is 0 Å². The fraction of sp³-hybridized carbons (Fsp3) is 0.286. The van der Waals surface area contributed by atoms with Crippen LogP contribution < -0.4 is 5.32 Å². The summed E-state index contributed by atoms with van der Waals surface area (Å²) in [6.45, 7) is 4.02.